The first-order chi connectivity index (χ1) is 17.7. The monoisotopic (exact) mass is 516 g/mol. The van der Waals surface area contributed by atoms with Gasteiger partial charge in [0.05, 0.1) is 17.9 Å². The zero-order valence-corrected chi connectivity index (χ0v) is 21.4. The molecule has 1 unspecified atom stereocenters. The Hall–Kier alpha value is -2.65. The van der Waals surface area contributed by atoms with Crippen LogP contribution in [0.25, 0.3) is 0 Å². The Kier molecular flexibility index (Phi) is 7.45. The molecule has 6 nitrogen and oxygen atoms in total. The Morgan fingerprint density at radius 1 is 1.14 bits per heavy atom. The SMILES string of the molecule is CC(N(C)C1CCC(C(=O)N2Cc3cccnc3Nc3ccc(C4CCOCC4)cc32)CC1)C(F)(F)F. The number of halogens is 3. The second-order valence-electron chi connectivity index (χ2n) is 10.6. The second-order valence-corrected chi connectivity index (χ2v) is 10.6. The van der Waals surface area contributed by atoms with Gasteiger partial charge in [-0.3, -0.25) is 9.69 Å². The van der Waals surface area contributed by atoms with Crippen LogP contribution in [0.15, 0.2) is 36.5 Å². The molecule has 2 fully saturated rings. The minimum Gasteiger partial charge on any atom is -0.381 e. The minimum atomic E-state index is -4.26. The third kappa shape index (κ3) is 5.48. The van der Waals surface area contributed by atoms with Crippen molar-refractivity contribution in [2.24, 2.45) is 5.92 Å². The van der Waals surface area contributed by atoms with Crippen LogP contribution in [0.4, 0.5) is 30.4 Å². The number of anilines is 3. The highest BCUT2D eigenvalue weighted by atomic mass is 19.4. The molecule has 3 heterocycles. The van der Waals surface area contributed by atoms with Crippen LogP contribution in [0.1, 0.15) is 62.5 Å². The molecule has 1 saturated carbocycles. The topological polar surface area (TPSA) is 57.7 Å². The van der Waals surface area contributed by atoms with Crippen molar-refractivity contribution in [2.45, 2.75) is 76.2 Å². The van der Waals surface area contributed by atoms with Crippen LogP contribution in [0.2, 0.25) is 0 Å². The van der Waals surface area contributed by atoms with E-state index in [1.165, 1.54) is 17.4 Å². The first kappa shape index (κ1) is 26.0. The molecule has 1 aliphatic carbocycles. The van der Waals surface area contributed by atoms with Crippen molar-refractivity contribution in [3.63, 3.8) is 0 Å². The van der Waals surface area contributed by atoms with E-state index in [4.69, 9.17) is 4.74 Å². The van der Waals surface area contributed by atoms with Crippen LogP contribution in [0.3, 0.4) is 0 Å². The van der Waals surface area contributed by atoms with E-state index < -0.39 is 12.2 Å². The van der Waals surface area contributed by atoms with Crippen LogP contribution >= 0.6 is 0 Å². The number of hydrogen-bond acceptors (Lipinski definition) is 5. The fourth-order valence-corrected chi connectivity index (χ4v) is 5.92. The first-order valence-corrected chi connectivity index (χ1v) is 13.2. The quantitative estimate of drug-likeness (QED) is 0.540. The van der Waals surface area contributed by atoms with Gasteiger partial charge in [0.2, 0.25) is 5.91 Å². The van der Waals surface area contributed by atoms with Crippen molar-refractivity contribution in [3.05, 3.63) is 47.7 Å². The predicted molar refractivity (Wildman–Crippen MR) is 137 cm³/mol. The van der Waals surface area contributed by atoms with Gasteiger partial charge in [0.25, 0.3) is 0 Å². The lowest BCUT2D eigenvalue weighted by Gasteiger charge is -2.39. The summed E-state index contributed by atoms with van der Waals surface area (Å²) in [6.45, 7) is 3.09. The molecule has 9 heteroatoms. The largest absolute Gasteiger partial charge is 0.403 e. The Morgan fingerprint density at radius 2 is 1.86 bits per heavy atom. The number of hydrogen-bond donors (Lipinski definition) is 1. The first-order valence-electron chi connectivity index (χ1n) is 13.2. The molecule has 1 N–H and O–H groups in total. The fourth-order valence-electron chi connectivity index (χ4n) is 5.92. The number of aromatic nitrogens is 1. The van der Waals surface area contributed by atoms with Gasteiger partial charge in [-0.15, -0.1) is 0 Å². The van der Waals surface area contributed by atoms with Gasteiger partial charge < -0.3 is 15.0 Å². The van der Waals surface area contributed by atoms with Gasteiger partial charge in [-0.1, -0.05) is 12.1 Å². The van der Waals surface area contributed by atoms with Crippen LogP contribution in [0, 0.1) is 5.92 Å². The predicted octanol–water partition coefficient (Wildman–Crippen LogP) is 6.01. The zero-order chi connectivity index (χ0) is 26.2. The van der Waals surface area contributed by atoms with E-state index in [9.17, 15) is 18.0 Å². The number of rotatable bonds is 4. The van der Waals surface area contributed by atoms with Gasteiger partial charge in [0.1, 0.15) is 11.9 Å². The number of pyridine rings is 1. The average molecular weight is 517 g/mol. The summed E-state index contributed by atoms with van der Waals surface area (Å²) >= 11 is 0. The molecule has 1 amide bonds. The van der Waals surface area contributed by atoms with E-state index in [1.807, 2.05) is 23.1 Å². The summed E-state index contributed by atoms with van der Waals surface area (Å²) in [7, 11) is 1.55. The van der Waals surface area contributed by atoms with Crippen molar-refractivity contribution in [1.82, 2.24) is 9.88 Å². The van der Waals surface area contributed by atoms with Gasteiger partial charge >= 0.3 is 6.18 Å². The molecule has 0 radical (unpaired) electrons. The molecule has 0 spiro atoms. The third-order valence-electron chi connectivity index (χ3n) is 8.45. The summed E-state index contributed by atoms with van der Waals surface area (Å²) in [5, 5.41) is 3.43. The fraction of sp³-hybridized carbons (Fsp3) is 0.571. The van der Waals surface area contributed by atoms with Gasteiger partial charge in [0.15, 0.2) is 0 Å². The smallest absolute Gasteiger partial charge is 0.381 e. The van der Waals surface area contributed by atoms with Crippen molar-refractivity contribution in [1.29, 1.82) is 0 Å². The van der Waals surface area contributed by atoms with Gasteiger partial charge in [-0.2, -0.15) is 13.2 Å². The number of carbonyl (C=O) groups excluding carboxylic acids is 1. The Labute approximate surface area is 216 Å². The summed E-state index contributed by atoms with van der Waals surface area (Å²) in [6, 6.07) is 8.47. The number of nitrogens with one attached hydrogen (secondary N) is 1. The molecule has 200 valence electrons. The Bertz CT molecular complexity index is 1110. The zero-order valence-electron chi connectivity index (χ0n) is 21.4. The number of ether oxygens (including phenoxy) is 1. The number of benzene rings is 1. The van der Waals surface area contributed by atoms with Crippen molar-refractivity contribution < 1.29 is 22.7 Å². The molecule has 1 aromatic carbocycles. The van der Waals surface area contributed by atoms with Gasteiger partial charge in [-0.25, -0.2) is 4.98 Å². The van der Waals surface area contributed by atoms with Gasteiger partial charge in [0, 0.05) is 36.9 Å². The van der Waals surface area contributed by atoms with E-state index in [0.717, 1.165) is 48.8 Å². The molecule has 0 bridgehead atoms. The molecule has 1 aromatic heterocycles. The summed E-state index contributed by atoms with van der Waals surface area (Å²) in [5.41, 5.74) is 3.82. The van der Waals surface area contributed by atoms with Gasteiger partial charge in [-0.05, 0) is 82.2 Å². The molecule has 2 aliphatic heterocycles. The van der Waals surface area contributed by atoms with Crippen molar-refractivity contribution in [2.75, 3.05) is 30.5 Å². The molecule has 5 rings (SSSR count). The lowest BCUT2D eigenvalue weighted by Crippen LogP contribution is -2.48. The highest BCUT2D eigenvalue weighted by molar-refractivity contribution is 5.99. The molecular weight excluding hydrogens is 481 g/mol. The van der Waals surface area contributed by atoms with E-state index in [1.54, 1.807) is 13.2 Å². The number of amides is 1. The number of nitrogens with zero attached hydrogens (tertiary/aromatic N) is 3. The van der Waals surface area contributed by atoms with Crippen molar-refractivity contribution in [3.8, 4) is 0 Å². The summed E-state index contributed by atoms with van der Waals surface area (Å²) in [5.74, 6) is 0.947. The second kappa shape index (κ2) is 10.6. The van der Waals surface area contributed by atoms with E-state index in [-0.39, 0.29) is 17.9 Å². The maximum Gasteiger partial charge on any atom is 0.403 e. The minimum absolute atomic E-state index is 0.0360. The van der Waals surface area contributed by atoms with E-state index in [0.29, 0.717) is 38.1 Å². The summed E-state index contributed by atoms with van der Waals surface area (Å²) in [4.78, 5) is 21.8. The van der Waals surface area contributed by atoms with Crippen LogP contribution in [-0.4, -0.2) is 54.3 Å². The van der Waals surface area contributed by atoms with E-state index >= 15 is 0 Å². The maximum absolute atomic E-state index is 14.0. The highest BCUT2D eigenvalue weighted by Gasteiger charge is 2.42. The molecular formula is C28H35F3N4O2. The van der Waals surface area contributed by atoms with E-state index in [2.05, 4.69) is 22.4 Å². The average Bonchev–Trinajstić information content (AvgIpc) is 3.08. The molecule has 3 aliphatic rings. The maximum atomic E-state index is 14.0. The lowest BCUT2D eigenvalue weighted by molar-refractivity contribution is -0.182. The molecule has 1 saturated heterocycles. The molecule has 1 atom stereocenters. The third-order valence-corrected chi connectivity index (χ3v) is 8.45. The summed E-state index contributed by atoms with van der Waals surface area (Å²) < 4.78 is 45.3. The standard InChI is InChI=1S/C28H35F3N4O2/c1-18(28(29,30)31)34(2)23-8-5-20(6-9-23)27(36)35-17-22-4-3-13-32-26(22)33-24-10-7-21(16-25(24)35)19-11-14-37-15-12-19/h3-4,7,10,13,16,18-20,23H,5-6,8-9,11-12,14-15,17H2,1-2H3,(H,32,33). The normalized spacial score (nSPS) is 23.6. The number of fused-ring (bicyclic) bond motifs is 2. The Balaban J connectivity index is 1.38. The Morgan fingerprint density at radius 3 is 2.57 bits per heavy atom. The molecule has 37 heavy (non-hydrogen) atoms. The van der Waals surface area contributed by atoms with Crippen LogP contribution < -0.4 is 10.2 Å². The van der Waals surface area contributed by atoms with Crippen LogP contribution in [-0.2, 0) is 16.1 Å². The van der Waals surface area contributed by atoms with Crippen LogP contribution in [0.5, 0.6) is 0 Å². The highest BCUT2D eigenvalue weighted by Crippen LogP contribution is 2.41. The molecule has 2 aromatic rings. The summed E-state index contributed by atoms with van der Waals surface area (Å²) in [6.07, 6.45) is 1.70. The number of carbonyl (C=O) groups is 1. The van der Waals surface area contributed by atoms with Crippen molar-refractivity contribution >= 4 is 23.1 Å². The lowest BCUT2D eigenvalue weighted by atomic mass is 9.84. The number of alkyl halides is 3.